The Hall–Kier alpha value is 0.180. The number of allylic oxidation sites excluding steroid dienone is 1. The second-order valence-corrected chi connectivity index (χ2v) is 4.50. The SMILES string of the molecule is CCCCC/C=C(/Br)C1CCCO1. The largest absolute Gasteiger partial charge is 0.373 e. The highest BCUT2D eigenvalue weighted by molar-refractivity contribution is 9.11. The molecule has 1 aliphatic rings. The molecule has 0 radical (unpaired) electrons. The third-order valence-electron chi connectivity index (χ3n) is 2.38. The van der Waals surface area contributed by atoms with E-state index >= 15 is 0 Å². The fourth-order valence-corrected chi connectivity index (χ4v) is 2.15. The second-order valence-electron chi connectivity index (χ2n) is 3.59. The summed E-state index contributed by atoms with van der Waals surface area (Å²) in [6, 6.07) is 0. The van der Waals surface area contributed by atoms with Gasteiger partial charge in [0.25, 0.3) is 0 Å². The van der Waals surface area contributed by atoms with Crippen LogP contribution >= 0.6 is 15.9 Å². The topological polar surface area (TPSA) is 9.23 Å². The maximum Gasteiger partial charge on any atom is 0.0887 e. The lowest BCUT2D eigenvalue weighted by atomic mass is 10.1. The normalized spacial score (nSPS) is 23.8. The smallest absolute Gasteiger partial charge is 0.0887 e. The van der Waals surface area contributed by atoms with Crippen molar-refractivity contribution in [1.29, 1.82) is 0 Å². The van der Waals surface area contributed by atoms with E-state index in [4.69, 9.17) is 4.74 Å². The quantitative estimate of drug-likeness (QED) is 0.666. The monoisotopic (exact) mass is 246 g/mol. The molecule has 1 saturated heterocycles. The standard InChI is InChI=1S/C11H19BrO/c1-2-3-4-5-7-10(12)11-8-6-9-13-11/h7,11H,2-6,8-9H2,1H3/b10-7+. The van der Waals surface area contributed by atoms with Crippen LogP contribution in [0.2, 0.25) is 0 Å². The average molecular weight is 247 g/mol. The van der Waals surface area contributed by atoms with Gasteiger partial charge in [-0.25, -0.2) is 0 Å². The van der Waals surface area contributed by atoms with Crippen LogP contribution in [-0.2, 0) is 4.74 Å². The molecule has 0 bridgehead atoms. The molecule has 0 N–H and O–H groups in total. The minimum absolute atomic E-state index is 0.363. The van der Waals surface area contributed by atoms with Crippen molar-refractivity contribution >= 4 is 15.9 Å². The van der Waals surface area contributed by atoms with Crippen molar-refractivity contribution in [3.8, 4) is 0 Å². The minimum Gasteiger partial charge on any atom is -0.373 e. The molecule has 76 valence electrons. The Bertz CT molecular complexity index is 159. The van der Waals surface area contributed by atoms with Crippen LogP contribution in [-0.4, -0.2) is 12.7 Å². The van der Waals surface area contributed by atoms with Crippen LogP contribution in [0.25, 0.3) is 0 Å². The van der Waals surface area contributed by atoms with Gasteiger partial charge in [-0.2, -0.15) is 0 Å². The highest BCUT2D eigenvalue weighted by Crippen LogP contribution is 2.24. The van der Waals surface area contributed by atoms with E-state index < -0.39 is 0 Å². The molecule has 0 saturated carbocycles. The summed E-state index contributed by atoms with van der Waals surface area (Å²) in [7, 11) is 0. The molecule has 2 heteroatoms. The zero-order valence-electron chi connectivity index (χ0n) is 8.39. The molecule has 0 spiro atoms. The van der Waals surface area contributed by atoms with Crippen molar-refractivity contribution in [2.75, 3.05) is 6.61 Å². The summed E-state index contributed by atoms with van der Waals surface area (Å²) in [4.78, 5) is 0. The van der Waals surface area contributed by atoms with Crippen molar-refractivity contribution in [3.05, 3.63) is 10.6 Å². The van der Waals surface area contributed by atoms with Crippen LogP contribution in [0.1, 0.15) is 45.4 Å². The zero-order chi connectivity index (χ0) is 9.52. The average Bonchev–Trinajstić information content (AvgIpc) is 2.65. The molecule has 1 atom stereocenters. The molecule has 13 heavy (non-hydrogen) atoms. The number of hydrogen-bond donors (Lipinski definition) is 0. The predicted molar refractivity (Wildman–Crippen MR) is 60.1 cm³/mol. The number of hydrogen-bond acceptors (Lipinski definition) is 1. The molecule has 1 nitrogen and oxygen atoms in total. The van der Waals surface area contributed by atoms with E-state index in [1.54, 1.807) is 0 Å². The number of ether oxygens (including phenoxy) is 1. The molecule has 1 aliphatic heterocycles. The Balaban J connectivity index is 2.16. The second kappa shape index (κ2) is 6.61. The van der Waals surface area contributed by atoms with E-state index in [1.807, 2.05) is 0 Å². The van der Waals surface area contributed by atoms with Gasteiger partial charge in [0.2, 0.25) is 0 Å². The summed E-state index contributed by atoms with van der Waals surface area (Å²) in [5.74, 6) is 0. The fourth-order valence-electron chi connectivity index (χ4n) is 1.56. The van der Waals surface area contributed by atoms with Crippen LogP contribution in [0.4, 0.5) is 0 Å². The van der Waals surface area contributed by atoms with E-state index in [9.17, 15) is 0 Å². The van der Waals surface area contributed by atoms with Crippen LogP contribution in [0.15, 0.2) is 10.6 Å². The number of unbranched alkanes of at least 4 members (excludes halogenated alkanes) is 3. The van der Waals surface area contributed by atoms with Gasteiger partial charge in [-0.1, -0.05) is 41.8 Å². The molecule has 0 aromatic carbocycles. The first-order valence-electron chi connectivity index (χ1n) is 5.31. The van der Waals surface area contributed by atoms with Gasteiger partial charge in [0.05, 0.1) is 6.10 Å². The minimum atomic E-state index is 0.363. The van der Waals surface area contributed by atoms with E-state index in [-0.39, 0.29) is 0 Å². The lowest BCUT2D eigenvalue weighted by molar-refractivity contribution is 0.143. The van der Waals surface area contributed by atoms with Gasteiger partial charge in [0, 0.05) is 11.1 Å². The Morgan fingerprint density at radius 2 is 2.38 bits per heavy atom. The first-order chi connectivity index (χ1) is 6.34. The highest BCUT2D eigenvalue weighted by Gasteiger charge is 2.17. The van der Waals surface area contributed by atoms with Crippen LogP contribution in [0.5, 0.6) is 0 Å². The predicted octanol–water partition coefficient (Wildman–Crippen LogP) is 4.02. The first-order valence-corrected chi connectivity index (χ1v) is 6.11. The molecular formula is C11H19BrO. The molecule has 0 amide bonds. The van der Waals surface area contributed by atoms with Crippen molar-refractivity contribution in [1.82, 2.24) is 0 Å². The Morgan fingerprint density at radius 3 is 3.00 bits per heavy atom. The van der Waals surface area contributed by atoms with Gasteiger partial charge in [0.1, 0.15) is 0 Å². The van der Waals surface area contributed by atoms with E-state index in [0.29, 0.717) is 6.10 Å². The van der Waals surface area contributed by atoms with Gasteiger partial charge in [0.15, 0.2) is 0 Å². The summed E-state index contributed by atoms with van der Waals surface area (Å²) in [5.41, 5.74) is 0. The van der Waals surface area contributed by atoms with Crippen LogP contribution in [0, 0.1) is 0 Å². The number of halogens is 1. The van der Waals surface area contributed by atoms with E-state index in [0.717, 1.165) is 6.61 Å². The van der Waals surface area contributed by atoms with Crippen LogP contribution < -0.4 is 0 Å². The zero-order valence-corrected chi connectivity index (χ0v) is 9.98. The maximum absolute atomic E-state index is 5.56. The molecule has 0 aromatic heterocycles. The van der Waals surface area contributed by atoms with Gasteiger partial charge < -0.3 is 4.74 Å². The molecule has 1 heterocycles. The molecule has 0 aromatic rings. The molecule has 1 fully saturated rings. The van der Waals surface area contributed by atoms with E-state index in [1.165, 1.54) is 43.0 Å². The van der Waals surface area contributed by atoms with Crippen molar-refractivity contribution < 1.29 is 4.74 Å². The summed E-state index contributed by atoms with van der Waals surface area (Å²) >= 11 is 3.59. The molecular weight excluding hydrogens is 228 g/mol. The van der Waals surface area contributed by atoms with Crippen molar-refractivity contribution in [2.24, 2.45) is 0 Å². The summed E-state index contributed by atoms with van der Waals surface area (Å²) in [6.45, 7) is 3.17. The Morgan fingerprint density at radius 1 is 1.54 bits per heavy atom. The summed E-state index contributed by atoms with van der Waals surface area (Å²) in [5, 5.41) is 0. The van der Waals surface area contributed by atoms with Crippen molar-refractivity contribution in [3.63, 3.8) is 0 Å². The Labute approximate surface area is 89.7 Å². The lowest BCUT2D eigenvalue weighted by Gasteiger charge is -2.07. The molecule has 1 unspecified atom stereocenters. The lowest BCUT2D eigenvalue weighted by Crippen LogP contribution is -2.03. The van der Waals surface area contributed by atoms with E-state index in [2.05, 4.69) is 28.9 Å². The van der Waals surface area contributed by atoms with Crippen LogP contribution in [0.3, 0.4) is 0 Å². The summed E-state index contributed by atoms with van der Waals surface area (Å²) in [6.07, 6.45) is 10.2. The van der Waals surface area contributed by atoms with Gasteiger partial charge in [-0.05, 0) is 25.7 Å². The highest BCUT2D eigenvalue weighted by atomic mass is 79.9. The molecule has 1 rings (SSSR count). The first kappa shape index (κ1) is 11.3. The van der Waals surface area contributed by atoms with Gasteiger partial charge >= 0.3 is 0 Å². The van der Waals surface area contributed by atoms with Gasteiger partial charge in [-0.3, -0.25) is 0 Å². The third kappa shape index (κ3) is 4.28. The fraction of sp³-hybridized carbons (Fsp3) is 0.818. The summed E-state index contributed by atoms with van der Waals surface area (Å²) < 4.78 is 6.82. The van der Waals surface area contributed by atoms with Crippen molar-refractivity contribution in [2.45, 2.75) is 51.6 Å². The number of rotatable bonds is 5. The third-order valence-corrected chi connectivity index (χ3v) is 3.22. The maximum atomic E-state index is 5.56. The molecule has 0 aliphatic carbocycles. The Kier molecular flexibility index (Phi) is 5.72. The van der Waals surface area contributed by atoms with Gasteiger partial charge in [-0.15, -0.1) is 0 Å².